The van der Waals surface area contributed by atoms with Gasteiger partial charge in [0.05, 0.1) is 6.42 Å². The number of hydrogen-bond donors (Lipinski definition) is 2. The molecule has 1 saturated carbocycles. The molecule has 0 saturated heterocycles. The maximum absolute atomic E-state index is 12.0. The highest BCUT2D eigenvalue weighted by Gasteiger charge is 2.53. The molecule has 3 rings (SSSR count). The van der Waals surface area contributed by atoms with Crippen molar-refractivity contribution in [1.29, 1.82) is 0 Å². The van der Waals surface area contributed by atoms with E-state index in [2.05, 4.69) is 5.32 Å². The number of carbonyl (C=O) groups is 3. The zero-order chi connectivity index (χ0) is 12.2. The second-order valence-corrected chi connectivity index (χ2v) is 4.48. The van der Waals surface area contributed by atoms with Crippen molar-refractivity contribution >= 4 is 23.2 Å². The summed E-state index contributed by atoms with van der Waals surface area (Å²) in [7, 11) is 0. The molecule has 0 aromatic heterocycles. The highest BCUT2D eigenvalue weighted by molar-refractivity contribution is 6.17. The maximum atomic E-state index is 12.0. The number of carbonyl (C=O) groups excluding carboxylic acids is 3. The van der Waals surface area contributed by atoms with E-state index in [1.807, 2.05) is 0 Å². The number of amides is 1. The topological polar surface area (TPSA) is 89.3 Å². The number of nitrogen functional groups attached to an aromatic ring is 1. The minimum Gasteiger partial charge on any atom is -0.399 e. The number of fused-ring (bicyclic) bond motifs is 2. The molecule has 1 aromatic rings. The molecule has 17 heavy (non-hydrogen) atoms. The third-order valence-electron chi connectivity index (χ3n) is 3.37. The van der Waals surface area contributed by atoms with E-state index in [-0.39, 0.29) is 30.3 Å². The molecule has 86 valence electrons. The lowest BCUT2D eigenvalue weighted by molar-refractivity contribution is -0.123. The first-order valence-electron chi connectivity index (χ1n) is 5.30. The van der Waals surface area contributed by atoms with Gasteiger partial charge in [0.25, 0.3) is 5.91 Å². The third kappa shape index (κ3) is 1.16. The molecule has 2 aliphatic rings. The normalized spacial score (nSPS) is 26.5. The van der Waals surface area contributed by atoms with Gasteiger partial charge in [-0.2, -0.15) is 0 Å². The van der Waals surface area contributed by atoms with Gasteiger partial charge in [0.15, 0.2) is 5.78 Å². The van der Waals surface area contributed by atoms with E-state index in [9.17, 15) is 14.4 Å². The van der Waals surface area contributed by atoms with E-state index >= 15 is 0 Å². The van der Waals surface area contributed by atoms with E-state index in [1.165, 1.54) is 0 Å². The first-order chi connectivity index (χ1) is 8.03. The minimum absolute atomic E-state index is 0.0357. The van der Waals surface area contributed by atoms with Crippen molar-refractivity contribution in [1.82, 2.24) is 5.32 Å². The van der Waals surface area contributed by atoms with Crippen LogP contribution in [0.4, 0.5) is 5.69 Å². The number of hydrogen-bond acceptors (Lipinski definition) is 4. The van der Waals surface area contributed by atoms with Crippen LogP contribution in [0.5, 0.6) is 0 Å². The van der Waals surface area contributed by atoms with Crippen molar-refractivity contribution < 1.29 is 14.4 Å². The van der Waals surface area contributed by atoms with Crippen LogP contribution < -0.4 is 11.1 Å². The Morgan fingerprint density at radius 1 is 1.24 bits per heavy atom. The monoisotopic (exact) mass is 230 g/mol. The van der Waals surface area contributed by atoms with Gasteiger partial charge in [0, 0.05) is 23.2 Å². The highest BCUT2D eigenvalue weighted by Crippen LogP contribution is 2.40. The Bertz CT molecular complexity index is 579. The molecule has 1 atom stereocenters. The van der Waals surface area contributed by atoms with Crippen LogP contribution in [0.2, 0.25) is 0 Å². The number of nitrogens with two attached hydrogens (primary N) is 1. The summed E-state index contributed by atoms with van der Waals surface area (Å²) in [6.45, 7) is 0. The molecule has 1 aliphatic carbocycles. The van der Waals surface area contributed by atoms with Crippen LogP contribution in [-0.4, -0.2) is 17.5 Å². The zero-order valence-electron chi connectivity index (χ0n) is 8.95. The Hall–Kier alpha value is -2.17. The van der Waals surface area contributed by atoms with Gasteiger partial charge in [-0.15, -0.1) is 0 Å². The standard InChI is InChI=1S/C12H10N2O3/c13-6-1-2-8-9(3-6)12(14-11(8)17)5-7(15)4-10(12)16/h1-3H,4-5,13H2,(H,14,17). The number of ketones is 2. The van der Waals surface area contributed by atoms with Crippen LogP contribution in [0, 0.1) is 0 Å². The first kappa shape index (κ1) is 10.0. The molecule has 1 fully saturated rings. The lowest BCUT2D eigenvalue weighted by atomic mass is 9.88. The van der Waals surface area contributed by atoms with Gasteiger partial charge in [0.1, 0.15) is 11.3 Å². The van der Waals surface area contributed by atoms with Gasteiger partial charge in [-0.05, 0) is 18.2 Å². The van der Waals surface area contributed by atoms with E-state index in [1.54, 1.807) is 18.2 Å². The van der Waals surface area contributed by atoms with E-state index < -0.39 is 5.54 Å². The average molecular weight is 230 g/mol. The van der Waals surface area contributed by atoms with Crippen LogP contribution in [0.1, 0.15) is 28.8 Å². The minimum atomic E-state index is -1.15. The predicted octanol–water partition coefficient (Wildman–Crippen LogP) is 0.140. The van der Waals surface area contributed by atoms with Crippen LogP contribution in [0.25, 0.3) is 0 Å². The van der Waals surface area contributed by atoms with Crippen LogP contribution in [0.3, 0.4) is 0 Å². The Morgan fingerprint density at radius 2 is 2.00 bits per heavy atom. The highest BCUT2D eigenvalue weighted by atomic mass is 16.2. The van der Waals surface area contributed by atoms with Crippen LogP contribution >= 0.6 is 0 Å². The molecule has 3 N–H and O–H groups in total. The molecule has 5 heteroatoms. The fourth-order valence-electron chi connectivity index (χ4n) is 2.59. The van der Waals surface area contributed by atoms with Crippen molar-refractivity contribution in [3.05, 3.63) is 29.3 Å². The molecule has 1 aliphatic heterocycles. The quantitative estimate of drug-likeness (QED) is 0.490. The summed E-state index contributed by atoms with van der Waals surface area (Å²) < 4.78 is 0. The van der Waals surface area contributed by atoms with Crippen LogP contribution in [0.15, 0.2) is 18.2 Å². The van der Waals surface area contributed by atoms with E-state index in [0.29, 0.717) is 16.8 Å². The molecule has 1 spiro atoms. The summed E-state index contributed by atoms with van der Waals surface area (Å²) in [5.74, 6) is -0.714. The molecular formula is C12H10N2O3. The average Bonchev–Trinajstić information content (AvgIpc) is 2.67. The summed E-state index contributed by atoms with van der Waals surface area (Å²) >= 11 is 0. The van der Waals surface area contributed by atoms with Crippen molar-refractivity contribution in [3.8, 4) is 0 Å². The summed E-state index contributed by atoms with van der Waals surface area (Å²) in [5.41, 5.74) is 5.97. The fraction of sp³-hybridized carbons (Fsp3) is 0.250. The van der Waals surface area contributed by atoms with Gasteiger partial charge in [-0.1, -0.05) is 0 Å². The van der Waals surface area contributed by atoms with Crippen molar-refractivity contribution in [2.24, 2.45) is 0 Å². The van der Waals surface area contributed by atoms with Gasteiger partial charge < -0.3 is 11.1 Å². The molecule has 1 heterocycles. The Morgan fingerprint density at radius 3 is 2.65 bits per heavy atom. The summed E-state index contributed by atoms with van der Waals surface area (Å²) in [5, 5.41) is 2.64. The molecule has 5 nitrogen and oxygen atoms in total. The van der Waals surface area contributed by atoms with Crippen molar-refractivity contribution in [2.45, 2.75) is 18.4 Å². The molecular weight excluding hydrogens is 220 g/mol. The Balaban J connectivity index is 2.24. The molecule has 1 unspecified atom stereocenters. The molecule has 1 aromatic carbocycles. The second-order valence-electron chi connectivity index (χ2n) is 4.48. The first-order valence-corrected chi connectivity index (χ1v) is 5.30. The van der Waals surface area contributed by atoms with Gasteiger partial charge in [0.2, 0.25) is 0 Å². The van der Waals surface area contributed by atoms with Gasteiger partial charge in [-0.25, -0.2) is 0 Å². The van der Waals surface area contributed by atoms with Crippen molar-refractivity contribution in [2.75, 3.05) is 5.73 Å². The lowest BCUT2D eigenvalue weighted by Crippen LogP contribution is -2.43. The molecule has 1 amide bonds. The second kappa shape index (κ2) is 2.94. The summed E-state index contributed by atoms with van der Waals surface area (Å²) in [4.78, 5) is 35.1. The third-order valence-corrected chi connectivity index (χ3v) is 3.37. The molecule has 0 bridgehead atoms. The van der Waals surface area contributed by atoms with Gasteiger partial charge >= 0.3 is 0 Å². The zero-order valence-corrected chi connectivity index (χ0v) is 8.95. The lowest BCUT2D eigenvalue weighted by Gasteiger charge is -2.21. The number of benzene rings is 1. The van der Waals surface area contributed by atoms with Crippen molar-refractivity contribution in [3.63, 3.8) is 0 Å². The van der Waals surface area contributed by atoms with E-state index in [4.69, 9.17) is 5.73 Å². The Labute approximate surface area is 97.0 Å². The number of rotatable bonds is 0. The van der Waals surface area contributed by atoms with E-state index in [0.717, 1.165) is 0 Å². The smallest absolute Gasteiger partial charge is 0.252 e. The predicted molar refractivity (Wildman–Crippen MR) is 59.2 cm³/mol. The Kier molecular flexibility index (Phi) is 1.73. The molecule has 0 radical (unpaired) electrons. The largest absolute Gasteiger partial charge is 0.399 e. The SMILES string of the molecule is Nc1ccc2c(c1)C1(CC(=O)CC1=O)NC2=O. The fourth-order valence-corrected chi connectivity index (χ4v) is 2.59. The van der Waals surface area contributed by atoms with Gasteiger partial charge in [-0.3, -0.25) is 14.4 Å². The number of anilines is 1. The number of nitrogens with one attached hydrogen (secondary N) is 1. The van der Waals surface area contributed by atoms with Crippen LogP contribution in [-0.2, 0) is 15.1 Å². The summed E-state index contributed by atoms with van der Waals surface area (Å²) in [6, 6.07) is 4.80. The maximum Gasteiger partial charge on any atom is 0.252 e. The summed E-state index contributed by atoms with van der Waals surface area (Å²) in [6.07, 6.45) is -0.0808. The number of Topliss-reactive ketones (excluding diaryl/α,β-unsaturated/α-hetero) is 2.